The summed E-state index contributed by atoms with van der Waals surface area (Å²) in [6.07, 6.45) is -0.789. The van der Waals surface area contributed by atoms with Crippen LogP contribution in [0.4, 0.5) is 0 Å². The van der Waals surface area contributed by atoms with Crippen molar-refractivity contribution in [3.8, 4) is 0 Å². The number of aliphatic hydroxyl groups excluding tert-OH is 1. The molecule has 0 bridgehead atoms. The molecule has 0 unspecified atom stereocenters. The Labute approximate surface area is 93.5 Å². The number of hydrogen-bond donors (Lipinski definition) is 5. The molecule has 0 saturated carbocycles. The molecule has 0 spiro atoms. The summed E-state index contributed by atoms with van der Waals surface area (Å²) in [5, 5.41) is 14.1. The molecule has 82 valence electrons. The quantitative estimate of drug-likeness (QED) is 0.363. The van der Waals surface area contributed by atoms with Crippen LogP contribution in [0.1, 0.15) is 0 Å². The van der Waals surface area contributed by atoms with Gasteiger partial charge in [-0.05, 0) is 0 Å². The van der Waals surface area contributed by atoms with Gasteiger partial charge in [0.05, 0.1) is 17.6 Å². The predicted octanol–water partition coefficient (Wildman–Crippen LogP) is -1.56. The van der Waals surface area contributed by atoms with Crippen LogP contribution >= 0.6 is 25.3 Å². The minimum atomic E-state index is -0.789. The van der Waals surface area contributed by atoms with Crippen LogP contribution in [-0.4, -0.2) is 47.6 Å². The largest absolute Gasteiger partial charge is 0.389 e. The zero-order valence-electron chi connectivity index (χ0n) is 7.56. The molecular weight excluding hydrogens is 224 g/mol. The first-order valence-electron chi connectivity index (χ1n) is 4.03. The van der Waals surface area contributed by atoms with Crippen molar-refractivity contribution in [2.24, 2.45) is 0 Å². The minimum absolute atomic E-state index is 0.0791. The average molecular weight is 238 g/mol. The van der Waals surface area contributed by atoms with Gasteiger partial charge >= 0.3 is 0 Å². The van der Waals surface area contributed by atoms with Gasteiger partial charge in [-0.25, -0.2) is 0 Å². The Morgan fingerprint density at radius 3 is 1.71 bits per heavy atom. The Morgan fingerprint density at radius 2 is 1.43 bits per heavy atom. The molecule has 0 atom stereocenters. The lowest BCUT2D eigenvalue weighted by molar-refractivity contribution is -0.119. The molecule has 0 rings (SSSR count). The van der Waals surface area contributed by atoms with E-state index in [1.807, 2.05) is 0 Å². The highest BCUT2D eigenvalue weighted by molar-refractivity contribution is 7.81. The van der Waals surface area contributed by atoms with E-state index >= 15 is 0 Å². The van der Waals surface area contributed by atoms with Gasteiger partial charge in [0.2, 0.25) is 11.8 Å². The fourth-order valence-electron chi connectivity index (χ4n) is 0.647. The summed E-state index contributed by atoms with van der Waals surface area (Å²) < 4.78 is 0. The molecule has 3 N–H and O–H groups in total. The van der Waals surface area contributed by atoms with Crippen LogP contribution in [0.2, 0.25) is 0 Å². The maximum Gasteiger partial charge on any atom is 0.229 e. The SMILES string of the molecule is O=C(CS)NCC(O)CNC(=O)CS. The van der Waals surface area contributed by atoms with Crippen molar-refractivity contribution < 1.29 is 14.7 Å². The molecule has 7 heteroatoms. The number of rotatable bonds is 6. The highest BCUT2D eigenvalue weighted by Gasteiger charge is 2.06. The molecular formula is C7H14N2O3S2. The molecule has 0 aliphatic rings. The molecule has 14 heavy (non-hydrogen) atoms. The molecule has 0 aliphatic carbocycles. The van der Waals surface area contributed by atoms with E-state index in [-0.39, 0.29) is 36.4 Å². The summed E-state index contributed by atoms with van der Waals surface area (Å²) in [5.74, 6) is -0.355. The summed E-state index contributed by atoms with van der Waals surface area (Å²) in [6.45, 7) is 0.207. The first-order valence-corrected chi connectivity index (χ1v) is 5.29. The van der Waals surface area contributed by atoms with Gasteiger partial charge in [0.15, 0.2) is 0 Å². The van der Waals surface area contributed by atoms with E-state index in [0.717, 1.165) is 0 Å². The van der Waals surface area contributed by atoms with E-state index in [9.17, 15) is 14.7 Å². The van der Waals surface area contributed by atoms with Crippen molar-refractivity contribution in [1.29, 1.82) is 0 Å². The molecule has 0 aromatic heterocycles. The number of thiol groups is 2. The third-order valence-electron chi connectivity index (χ3n) is 1.36. The Hall–Kier alpha value is -0.400. The summed E-state index contributed by atoms with van der Waals surface area (Å²) in [4.78, 5) is 21.4. The van der Waals surface area contributed by atoms with Crippen LogP contribution in [0.3, 0.4) is 0 Å². The lowest BCUT2D eigenvalue weighted by Crippen LogP contribution is -2.40. The minimum Gasteiger partial charge on any atom is -0.389 e. The maximum absolute atomic E-state index is 10.7. The normalized spacial score (nSPS) is 10.0. The monoisotopic (exact) mass is 238 g/mol. The highest BCUT2D eigenvalue weighted by Crippen LogP contribution is 1.81. The molecule has 5 nitrogen and oxygen atoms in total. The first-order chi connectivity index (χ1) is 6.60. The number of aliphatic hydroxyl groups is 1. The number of carbonyl (C=O) groups excluding carboxylic acids is 2. The van der Waals surface area contributed by atoms with Crippen LogP contribution in [0.15, 0.2) is 0 Å². The lowest BCUT2D eigenvalue weighted by atomic mass is 10.3. The van der Waals surface area contributed by atoms with Crippen LogP contribution in [-0.2, 0) is 9.59 Å². The smallest absolute Gasteiger partial charge is 0.229 e. The Morgan fingerprint density at radius 1 is 1.07 bits per heavy atom. The van der Waals surface area contributed by atoms with Gasteiger partial charge in [-0.1, -0.05) is 0 Å². The molecule has 0 radical (unpaired) electrons. The van der Waals surface area contributed by atoms with Crippen molar-refractivity contribution in [3.05, 3.63) is 0 Å². The molecule has 0 aliphatic heterocycles. The summed E-state index contributed by atoms with van der Waals surface area (Å²) in [6, 6.07) is 0. The van der Waals surface area contributed by atoms with Gasteiger partial charge in [-0.3, -0.25) is 9.59 Å². The number of nitrogens with one attached hydrogen (secondary N) is 2. The van der Waals surface area contributed by atoms with E-state index in [1.54, 1.807) is 0 Å². The van der Waals surface area contributed by atoms with Gasteiger partial charge in [-0.15, -0.1) is 0 Å². The number of amides is 2. The topological polar surface area (TPSA) is 78.4 Å². The van der Waals surface area contributed by atoms with Gasteiger partial charge in [-0.2, -0.15) is 25.3 Å². The Kier molecular flexibility index (Phi) is 7.73. The average Bonchev–Trinajstić information content (AvgIpc) is 2.22. The van der Waals surface area contributed by atoms with Gasteiger partial charge in [0.1, 0.15) is 0 Å². The Bertz CT molecular complexity index is 181. The fraction of sp³-hybridized carbons (Fsp3) is 0.714. The molecule has 0 aromatic rings. The number of hydrogen-bond acceptors (Lipinski definition) is 5. The van der Waals surface area contributed by atoms with Crippen molar-refractivity contribution in [1.82, 2.24) is 10.6 Å². The van der Waals surface area contributed by atoms with E-state index in [4.69, 9.17) is 0 Å². The standard InChI is InChI=1S/C7H14N2O3S2/c10-5(1-8-6(11)3-13)2-9-7(12)4-14/h5,10,13-14H,1-4H2,(H,8,11)(H,9,12). The summed E-state index contributed by atoms with van der Waals surface area (Å²) in [5.41, 5.74) is 0. The van der Waals surface area contributed by atoms with Crippen molar-refractivity contribution in [3.63, 3.8) is 0 Å². The third-order valence-corrected chi connectivity index (χ3v) is 1.93. The third kappa shape index (κ3) is 7.05. The van der Waals surface area contributed by atoms with Crippen LogP contribution in [0.5, 0.6) is 0 Å². The first kappa shape index (κ1) is 13.6. The predicted molar refractivity (Wildman–Crippen MR) is 59.7 cm³/mol. The Balaban J connectivity index is 3.50. The lowest BCUT2D eigenvalue weighted by Gasteiger charge is -2.11. The van der Waals surface area contributed by atoms with Crippen molar-refractivity contribution in [2.45, 2.75) is 6.10 Å². The summed E-state index contributed by atoms with van der Waals surface area (Å²) in [7, 11) is 0. The summed E-state index contributed by atoms with van der Waals surface area (Å²) >= 11 is 7.49. The van der Waals surface area contributed by atoms with Gasteiger partial charge in [0.25, 0.3) is 0 Å². The van der Waals surface area contributed by atoms with Gasteiger partial charge in [0, 0.05) is 13.1 Å². The molecule has 0 saturated heterocycles. The van der Waals surface area contributed by atoms with E-state index in [2.05, 4.69) is 35.9 Å². The van der Waals surface area contributed by atoms with Crippen LogP contribution < -0.4 is 10.6 Å². The second-order valence-corrected chi connectivity index (χ2v) is 3.21. The highest BCUT2D eigenvalue weighted by atomic mass is 32.1. The van der Waals surface area contributed by atoms with E-state index in [0.29, 0.717) is 0 Å². The maximum atomic E-state index is 10.7. The second-order valence-electron chi connectivity index (χ2n) is 2.58. The van der Waals surface area contributed by atoms with E-state index in [1.165, 1.54) is 0 Å². The van der Waals surface area contributed by atoms with Crippen LogP contribution in [0.25, 0.3) is 0 Å². The molecule has 0 aromatic carbocycles. The molecule has 0 heterocycles. The van der Waals surface area contributed by atoms with Gasteiger partial charge < -0.3 is 15.7 Å². The van der Waals surface area contributed by atoms with Crippen LogP contribution in [0, 0.1) is 0 Å². The molecule has 0 fully saturated rings. The zero-order valence-corrected chi connectivity index (χ0v) is 9.35. The van der Waals surface area contributed by atoms with Crippen molar-refractivity contribution in [2.75, 3.05) is 24.6 Å². The zero-order chi connectivity index (χ0) is 11.0. The van der Waals surface area contributed by atoms with E-state index < -0.39 is 6.10 Å². The fourth-order valence-corrected chi connectivity index (χ4v) is 0.871. The second kappa shape index (κ2) is 7.95. The number of carbonyl (C=O) groups is 2. The van der Waals surface area contributed by atoms with Crippen molar-refractivity contribution >= 4 is 37.1 Å². The molecule has 2 amide bonds.